The summed E-state index contributed by atoms with van der Waals surface area (Å²) < 4.78 is 10.6. The van der Waals surface area contributed by atoms with E-state index in [2.05, 4.69) is 34.4 Å². The highest BCUT2D eigenvalue weighted by Gasteiger charge is 2.16. The first-order valence-corrected chi connectivity index (χ1v) is 8.69. The molecule has 1 aliphatic heterocycles. The Labute approximate surface area is 145 Å². The lowest BCUT2D eigenvalue weighted by atomic mass is 10.2. The Morgan fingerprint density at radius 2 is 1.96 bits per heavy atom. The molecule has 1 fully saturated rings. The Balaban J connectivity index is 1.84. The quantitative estimate of drug-likeness (QED) is 0.584. The molecule has 0 bridgehead atoms. The van der Waals surface area contributed by atoms with Crippen molar-refractivity contribution in [2.24, 2.45) is 4.99 Å². The molecule has 6 heteroatoms. The van der Waals surface area contributed by atoms with Crippen LogP contribution in [0.4, 0.5) is 0 Å². The average molecular weight is 334 g/mol. The maximum Gasteiger partial charge on any atom is 0.191 e. The van der Waals surface area contributed by atoms with Gasteiger partial charge in [0.25, 0.3) is 0 Å². The summed E-state index contributed by atoms with van der Waals surface area (Å²) in [6, 6.07) is 8.47. The largest absolute Gasteiger partial charge is 0.497 e. The second kappa shape index (κ2) is 10.2. The van der Waals surface area contributed by atoms with Crippen molar-refractivity contribution in [3.63, 3.8) is 0 Å². The lowest BCUT2D eigenvalue weighted by Crippen LogP contribution is -2.49. The third-order valence-electron chi connectivity index (χ3n) is 4.16. The van der Waals surface area contributed by atoms with Crippen LogP contribution in [-0.4, -0.2) is 63.4 Å². The Kier molecular flexibility index (Phi) is 7.85. The summed E-state index contributed by atoms with van der Waals surface area (Å²) in [6.07, 6.45) is 0. The topological polar surface area (TPSA) is 58.1 Å². The molecule has 1 aromatic carbocycles. The van der Waals surface area contributed by atoms with Crippen LogP contribution in [0.3, 0.4) is 0 Å². The zero-order valence-corrected chi connectivity index (χ0v) is 15.0. The van der Waals surface area contributed by atoms with Crippen molar-refractivity contribution < 1.29 is 9.47 Å². The summed E-state index contributed by atoms with van der Waals surface area (Å²) in [5, 5.41) is 6.75. The lowest BCUT2D eigenvalue weighted by molar-refractivity contribution is 0.0211. The highest BCUT2D eigenvalue weighted by Crippen LogP contribution is 2.11. The van der Waals surface area contributed by atoms with E-state index in [4.69, 9.17) is 9.47 Å². The molecule has 0 aromatic heterocycles. The number of nitrogens with one attached hydrogen (secondary N) is 2. The SMILES string of the molecule is CCNC(=NCc1ccc(OC)cc1)NCC(C)N1CCOCC1. The fourth-order valence-electron chi connectivity index (χ4n) is 2.63. The third kappa shape index (κ3) is 6.02. The summed E-state index contributed by atoms with van der Waals surface area (Å²) in [5.74, 6) is 1.72. The minimum Gasteiger partial charge on any atom is -0.497 e. The van der Waals surface area contributed by atoms with Crippen LogP contribution in [0.1, 0.15) is 19.4 Å². The van der Waals surface area contributed by atoms with Crippen LogP contribution < -0.4 is 15.4 Å². The van der Waals surface area contributed by atoms with E-state index in [9.17, 15) is 0 Å². The molecule has 1 unspecified atom stereocenters. The molecular formula is C18H30N4O2. The number of rotatable bonds is 7. The number of hydrogen-bond donors (Lipinski definition) is 2. The molecule has 2 rings (SSSR count). The Morgan fingerprint density at radius 3 is 2.58 bits per heavy atom. The number of benzene rings is 1. The van der Waals surface area contributed by atoms with Crippen molar-refractivity contribution in [3.05, 3.63) is 29.8 Å². The predicted octanol–water partition coefficient (Wildman–Crippen LogP) is 1.47. The maximum atomic E-state index is 5.41. The normalized spacial score (nSPS) is 17.4. The van der Waals surface area contributed by atoms with E-state index in [0.29, 0.717) is 12.6 Å². The molecule has 0 saturated carbocycles. The number of ether oxygens (including phenoxy) is 2. The molecule has 0 radical (unpaired) electrons. The molecule has 1 aliphatic rings. The van der Waals surface area contributed by atoms with Gasteiger partial charge >= 0.3 is 0 Å². The first-order valence-electron chi connectivity index (χ1n) is 8.69. The molecule has 0 spiro atoms. The molecule has 6 nitrogen and oxygen atoms in total. The maximum absolute atomic E-state index is 5.41. The minimum absolute atomic E-state index is 0.457. The summed E-state index contributed by atoms with van der Waals surface area (Å²) in [5.41, 5.74) is 1.16. The van der Waals surface area contributed by atoms with Crippen molar-refractivity contribution in [1.29, 1.82) is 0 Å². The van der Waals surface area contributed by atoms with E-state index >= 15 is 0 Å². The number of methoxy groups -OCH3 is 1. The van der Waals surface area contributed by atoms with Crippen molar-refractivity contribution in [3.8, 4) is 5.75 Å². The van der Waals surface area contributed by atoms with Crippen molar-refractivity contribution in [2.75, 3.05) is 46.5 Å². The van der Waals surface area contributed by atoms with E-state index in [1.807, 2.05) is 24.3 Å². The number of nitrogens with zero attached hydrogens (tertiary/aromatic N) is 2. The van der Waals surface area contributed by atoms with Gasteiger partial charge in [0.2, 0.25) is 0 Å². The number of morpholine rings is 1. The second-order valence-electron chi connectivity index (χ2n) is 5.92. The predicted molar refractivity (Wildman–Crippen MR) is 97.7 cm³/mol. The number of hydrogen-bond acceptors (Lipinski definition) is 4. The van der Waals surface area contributed by atoms with Gasteiger partial charge in [-0.15, -0.1) is 0 Å². The molecule has 1 heterocycles. The van der Waals surface area contributed by atoms with Gasteiger partial charge in [-0.2, -0.15) is 0 Å². The fourth-order valence-corrected chi connectivity index (χ4v) is 2.63. The lowest BCUT2D eigenvalue weighted by Gasteiger charge is -2.32. The number of aliphatic imine (C=N–C) groups is 1. The van der Waals surface area contributed by atoms with Gasteiger partial charge in [0.15, 0.2) is 5.96 Å². The standard InChI is InChI=1S/C18H30N4O2/c1-4-19-18(20-13-15(2)22-9-11-24-12-10-22)21-14-16-5-7-17(23-3)8-6-16/h5-8,15H,4,9-14H2,1-3H3,(H2,19,20,21). The summed E-state index contributed by atoms with van der Waals surface area (Å²) in [6.45, 7) is 10.3. The molecule has 1 saturated heterocycles. The molecule has 2 N–H and O–H groups in total. The van der Waals surface area contributed by atoms with E-state index in [1.54, 1.807) is 7.11 Å². The zero-order valence-electron chi connectivity index (χ0n) is 15.0. The molecule has 0 aliphatic carbocycles. The first kappa shape index (κ1) is 18.5. The average Bonchev–Trinajstić information content (AvgIpc) is 2.65. The number of guanidine groups is 1. The highest BCUT2D eigenvalue weighted by molar-refractivity contribution is 5.79. The molecule has 1 aromatic rings. The summed E-state index contributed by atoms with van der Waals surface area (Å²) in [7, 11) is 1.68. The fraction of sp³-hybridized carbons (Fsp3) is 0.611. The van der Waals surface area contributed by atoms with Crippen LogP contribution in [0.25, 0.3) is 0 Å². The van der Waals surface area contributed by atoms with Gasteiger partial charge in [-0.3, -0.25) is 4.90 Å². The van der Waals surface area contributed by atoms with E-state index in [1.165, 1.54) is 0 Å². The first-order chi connectivity index (χ1) is 11.7. The minimum atomic E-state index is 0.457. The Hall–Kier alpha value is -1.79. The molecule has 0 amide bonds. The van der Waals surface area contributed by atoms with Gasteiger partial charge in [-0.1, -0.05) is 12.1 Å². The van der Waals surface area contributed by atoms with E-state index in [-0.39, 0.29) is 0 Å². The highest BCUT2D eigenvalue weighted by atomic mass is 16.5. The van der Waals surface area contributed by atoms with Crippen LogP contribution >= 0.6 is 0 Å². The van der Waals surface area contributed by atoms with Crippen molar-refractivity contribution in [1.82, 2.24) is 15.5 Å². The molecule has 24 heavy (non-hydrogen) atoms. The van der Waals surface area contributed by atoms with Crippen molar-refractivity contribution >= 4 is 5.96 Å². The van der Waals surface area contributed by atoms with Crippen LogP contribution in [0.2, 0.25) is 0 Å². The van der Waals surface area contributed by atoms with Crippen LogP contribution in [0, 0.1) is 0 Å². The van der Waals surface area contributed by atoms with Gasteiger partial charge in [0, 0.05) is 32.2 Å². The van der Waals surface area contributed by atoms with Crippen molar-refractivity contribution in [2.45, 2.75) is 26.4 Å². The Morgan fingerprint density at radius 1 is 1.25 bits per heavy atom. The summed E-state index contributed by atoms with van der Waals surface area (Å²) >= 11 is 0. The third-order valence-corrected chi connectivity index (χ3v) is 4.16. The zero-order chi connectivity index (χ0) is 17.2. The van der Waals surface area contributed by atoms with Gasteiger partial charge < -0.3 is 20.1 Å². The summed E-state index contributed by atoms with van der Waals surface area (Å²) in [4.78, 5) is 7.11. The molecular weight excluding hydrogens is 304 g/mol. The van der Waals surface area contributed by atoms with Gasteiger partial charge in [0.1, 0.15) is 5.75 Å². The van der Waals surface area contributed by atoms with Gasteiger partial charge in [0.05, 0.1) is 26.9 Å². The molecule has 1 atom stereocenters. The van der Waals surface area contributed by atoms with E-state index < -0.39 is 0 Å². The van der Waals surface area contributed by atoms with Gasteiger partial charge in [-0.05, 0) is 31.5 Å². The molecule has 134 valence electrons. The van der Waals surface area contributed by atoms with Crippen LogP contribution in [-0.2, 0) is 11.3 Å². The smallest absolute Gasteiger partial charge is 0.191 e. The van der Waals surface area contributed by atoms with E-state index in [0.717, 1.165) is 56.7 Å². The monoisotopic (exact) mass is 334 g/mol. The Bertz CT molecular complexity index is 498. The second-order valence-corrected chi connectivity index (χ2v) is 5.92. The van der Waals surface area contributed by atoms with Gasteiger partial charge in [-0.25, -0.2) is 4.99 Å². The van der Waals surface area contributed by atoms with Crippen LogP contribution in [0.15, 0.2) is 29.3 Å². The van der Waals surface area contributed by atoms with Crippen LogP contribution in [0.5, 0.6) is 5.75 Å².